The second kappa shape index (κ2) is 20.9. The Bertz CT molecular complexity index is 2560. The summed E-state index contributed by atoms with van der Waals surface area (Å²) in [5, 5.41) is 15.6. The Morgan fingerprint density at radius 3 is 2.49 bits per heavy atom. The van der Waals surface area contributed by atoms with E-state index in [1.807, 2.05) is 24.3 Å². The van der Waals surface area contributed by atoms with Gasteiger partial charge in [0, 0.05) is 88.3 Å². The zero-order chi connectivity index (χ0) is 46.3. The Balaban J connectivity index is 0.639. The number of nitrogens with one attached hydrogen (secondary N) is 4. The number of aromatic nitrogens is 4. The van der Waals surface area contributed by atoms with Gasteiger partial charge in [0.15, 0.2) is 11.4 Å². The summed E-state index contributed by atoms with van der Waals surface area (Å²) in [7, 11) is 0. The van der Waals surface area contributed by atoms with E-state index in [1.165, 1.54) is 30.0 Å². The molecule has 3 fully saturated rings. The van der Waals surface area contributed by atoms with Gasteiger partial charge < -0.3 is 39.6 Å². The number of imide groups is 1. The molecule has 1 aliphatic carbocycles. The van der Waals surface area contributed by atoms with E-state index >= 15 is 0 Å². The second-order valence-electron chi connectivity index (χ2n) is 17.1. The molecule has 5 aromatic rings. The standard InChI is InChI=1S/C47H53F2N11O7/c48-43(49)42-37(53-44(62)38-29-67-46(54-38)32-11-12-51-40(24-32)52-26-31-1-2-31)28-60(56-42)34-5-3-30(4-6-34)25-50-13-19-65-21-22-66-20-18-57-14-16-58(17-15-57)35-7-8-36-33(23-35)27-59(47(36)64)39-9-10-41(61)55-45(39)63/h3-8,11-12,23-24,28-29,31,39,43,50H,1-2,9-10,13-22,25-27H2,(H,51,52)(H,53,62)(H,55,61,63). The lowest BCUT2D eigenvalue weighted by molar-refractivity contribution is -0.136. The van der Waals surface area contributed by atoms with Crippen LogP contribution in [0, 0.1) is 5.92 Å². The molecule has 9 rings (SSSR count). The number of carbonyl (C=O) groups excluding carboxylic acids is 4. The molecule has 4 aliphatic rings. The third-order valence-electron chi connectivity index (χ3n) is 12.3. The lowest BCUT2D eigenvalue weighted by Crippen LogP contribution is -2.52. The number of amides is 4. The molecule has 20 heteroatoms. The lowest BCUT2D eigenvalue weighted by Gasteiger charge is -2.36. The van der Waals surface area contributed by atoms with Crippen molar-refractivity contribution >= 4 is 40.8 Å². The van der Waals surface area contributed by atoms with Crippen LogP contribution in [0.4, 0.5) is 26.0 Å². The number of piperazine rings is 1. The molecule has 18 nitrogen and oxygen atoms in total. The number of nitrogens with zero attached hydrogens (tertiary/aromatic N) is 7. The number of hydrogen-bond acceptors (Lipinski definition) is 14. The van der Waals surface area contributed by atoms with Crippen LogP contribution >= 0.6 is 0 Å². The fourth-order valence-corrected chi connectivity index (χ4v) is 8.35. The average molecular weight is 922 g/mol. The highest BCUT2D eigenvalue weighted by atomic mass is 19.3. The molecule has 6 heterocycles. The molecule has 0 radical (unpaired) electrons. The van der Waals surface area contributed by atoms with Gasteiger partial charge in [0.25, 0.3) is 18.2 Å². The first-order valence-electron chi connectivity index (χ1n) is 22.7. The van der Waals surface area contributed by atoms with Crippen molar-refractivity contribution in [2.45, 2.75) is 51.2 Å². The Labute approximate surface area is 385 Å². The molecular formula is C47H53F2N11O7. The summed E-state index contributed by atoms with van der Waals surface area (Å²) in [5.41, 5.74) is 3.95. The highest BCUT2D eigenvalue weighted by Crippen LogP contribution is 2.32. The fourth-order valence-electron chi connectivity index (χ4n) is 8.35. The molecule has 3 aliphatic heterocycles. The quantitative estimate of drug-likeness (QED) is 0.0586. The molecule has 4 amide bonds. The van der Waals surface area contributed by atoms with Gasteiger partial charge in [-0.1, -0.05) is 12.1 Å². The van der Waals surface area contributed by atoms with Gasteiger partial charge in [0.2, 0.25) is 17.7 Å². The third-order valence-corrected chi connectivity index (χ3v) is 12.3. The monoisotopic (exact) mass is 921 g/mol. The predicted octanol–water partition coefficient (Wildman–Crippen LogP) is 4.64. The molecule has 352 valence electrons. The van der Waals surface area contributed by atoms with Crippen LogP contribution in [0.5, 0.6) is 0 Å². The molecule has 2 aromatic carbocycles. The van der Waals surface area contributed by atoms with Crippen LogP contribution < -0.4 is 26.2 Å². The Kier molecular flexibility index (Phi) is 14.2. The van der Waals surface area contributed by atoms with Crippen LogP contribution in [0.1, 0.15) is 69.8 Å². The van der Waals surface area contributed by atoms with Gasteiger partial charge in [0.1, 0.15) is 18.1 Å². The summed E-state index contributed by atoms with van der Waals surface area (Å²) >= 11 is 0. The van der Waals surface area contributed by atoms with E-state index in [9.17, 15) is 28.0 Å². The lowest BCUT2D eigenvalue weighted by atomic mass is 10.0. The van der Waals surface area contributed by atoms with Crippen molar-refractivity contribution in [2.75, 3.05) is 87.8 Å². The molecule has 1 unspecified atom stereocenters. The van der Waals surface area contributed by atoms with Gasteiger partial charge in [-0.15, -0.1) is 0 Å². The molecular weight excluding hydrogens is 869 g/mol. The molecule has 3 aromatic heterocycles. The van der Waals surface area contributed by atoms with Crippen LogP contribution in [-0.2, 0) is 32.2 Å². The number of rotatable bonds is 21. The topological polar surface area (TPSA) is 201 Å². The van der Waals surface area contributed by atoms with E-state index in [1.54, 1.807) is 35.4 Å². The maximum Gasteiger partial charge on any atom is 0.284 e. The SMILES string of the molecule is O=C1CCC(N2Cc3cc(N4CCN(CCOCCOCCNCc5ccc(-n6cc(NC(=O)c7coc(-c8ccnc(NCC9CC9)c8)n7)c(C(F)F)n6)cc5)CC4)ccc3C2=O)C(=O)N1. The first kappa shape index (κ1) is 45.5. The summed E-state index contributed by atoms with van der Waals surface area (Å²) in [6.07, 6.45) is 4.21. The number of fused-ring (bicyclic) bond motifs is 1. The van der Waals surface area contributed by atoms with E-state index in [-0.39, 0.29) is 35.5 Å². The zero-order valence-corrected chi connectivity index (χ0v) is 36.9. The minimum absolute atomic E-state index is 0.0683. The zero-order valence-electron chi connectivity index (χ0n) is 36.9. The number of alkyl halides is 2. The predicted molar refractivity (Wildman–Crippen MR) is 242 cm³/mol. The van der Waals surface area contributed by atoms with Crippen LogP contribution in [0.2, 0.25) is 0 Å². The molecule has 2 saturated heterocycles. The number of carbonyl (C=O) groups is 4. The number of hydrogen-bond donors (Lipinski definition) is 4. The highest BCUT2D eigenvalue weighted by molar-refractivity contribution is 6.05. The number of anilines is 3. The Morgan fingerprint density at radius 1 is 0.925 bits per heavy atom. The van der Waals surface area contributed by atoms with Crippen molar-refractivity contribution < 1.29 is 41.8 Å². The second-order valence-corrected chi connectivity index (χ2v) is 17.1. The van der Waals surface area contributed by atoms with Crippen molar-refractivity contribution in [3.05, 3.63) is 101 Å². The van der Waals surface area contributed by atoms with E-state index in [2.05, 4.69) is 52.2 Å². The number of halogens is 2. The average Bonchev–Trinajstić information content (AvgIpc) is 3.69. The van der Waals surface area contributed by atoms with Crippen LogP contribution in [0.15, 0.2) is 77.7 Å². The summed E-state index contributed by atoms with van der Waals surface area (Å²) in [6, 6.07) is 16.0. The van der Waals surface area contributed by atoms with Crippen molar-refractivity contribution in [3.8, 4) is 17.1 Å². The van der Waals surface area contributed by atoms with Crippen molar-refractivity contribution in [3.63, 3.8) is 0 Å². The van der Waals surface area contributed by atoms with Crippen molar-refractivity contribution in [2.24, 2.45) is 5.92 Å². The van der Waals surface area contributed by atoms with Crippen molar-refractivity contribution in [1.29, 1.82) is 0 Å². The largest absolute Gasteiger partial charge is 0.444 e. The Morgan fingerprint density at radius 2 is 1.72 bits per heavy atom. The van der Waals surface area contributed by atoms with Gasteiger partial charge in [-0.3, -0.25) is 29.4 Å². The maximum atomic E-state index is 14.1. The first-order valence-corrected chi connectivity index (χ1v) is 22.7. The van der Waals surface area contributed by atoms with E-state index in [0.717, 1.165) is 56.1 Å². The third kappa shape index (κ3) is 11.3. The van der Waals surface area contributed by atoms with Gasteiger partial charge in [-0.05, 0) is 78.8 Å². The van der Waals surface area contributed by atoms with Gasteiger partial charge in [-0.25, -0.2) is 23.4 Å². The summed E-state index contributed by atoms with van der Waals surface area (Å²) < 4.78 is 46.5. The number of pyridine rings is 1. The molecule has 4 N–H and O–H groups in total. The van der Waals surface area contributed by atoms with E-state index < -0.39 is 30.0 Å². The first-order chi connectivity index (χ1) is 32.6. The van der Waals surface area contributed by atoms with E-state index in [4.69, 9.17) is 13.9 Å². The smallest absolute Gasteiger partial charge is 0.284 e. The highest BCUT2D eigenvalue weighted by Gasteiger charge is 2.39. The van der Waals surface area contributed by atoms with Gasteiger partial charge in [0.05, 0.1) is 44.0 Å². The number of ether oxygens (including phenoxy) is 2. The summed E-state index contributed by atoms with van der Waals surface area (Å²) in [6.45, 7) is 8.75. The Hall–Kier alpha value is -6.61. The summed E-state index contributed by atoms with van der Waals surface area (Å²) in [4.78, 5) is 65.0. The number of oxazole rings is 1. The fraction of sp³-hybridized carbons (Fsp3) is 0.426. The van der Waals surface area contributed by atoms with E-state index in [0.29, 0.717) is 81.0 Å². The van der Waals surface area contributed by atoms with Crippen LogP contribution in [0.3, 0.4) is 0 Å². The number of piperidine rings is 1. The van der Waals surface area contributed by atoms with Crippen molar-refractivity contribution in [1.82, 2.24) is 40.2 Å². The minimum Gasteiger partial charge on any atom is -0.444 e. The van der Waals surface area contributed by atoms with Crippen LogP contribution in [0.25, 0.3) is 17.1 Å². The molecule has 0 spiro atoms. The maximum absolute atomic E-state index is 14.1. The van der Waals surface area contributed by atoms with Gasteiger partial charge in [-0.2, -0.15) is 5.10 Å². The normalized spacial score (nSPS) is 17.6. The van der Waals surface area contributed by atoms with Gasteiger partial charge >= 0.3 is 0 Å². The number of benzene rings is 2. The molecule has 0 bridgehead atoms. The molecule has 1 saturated carbocycles. The summed E-state index contributed by atoms with van der Waals surface area (Å²) in [5.74, 6) is -0.0381. The molecule has 67 heavy (non-hydrogen) atoms. The minimum atomic E-state index is -2.93. The van der Waals surface area contributed by atoms with Crippen LogP contribution in [-0.4, -0.2) is 131 Å². The molecule has 1 atom stereocenters.